The van der Waals surface area contributed by atoms with E-state index >= 15 is 0 Å². The average molecular weight is 160 g/mol. The third-order valence-corrected chi connectivity index (χ3v) is 6.61. The van der Waals surface area contributed by atoms with Crippen LogP contribution in [0, 0.1) is 0 Å². The first-order valence-electron chi connectivity index (χ1n) is 1.53. The quantitative estimate of drug-likeness (QED) is 0.578. The lowest BCUT2D eigenvalue weighted by molar-refractivity contribution is 0.568. The third kappa shape index (κ3) is 3.44. The molecule has 0 aliphatic carbocycles. The lowest BCUT2D eigenvalue weighted by atomic mass is 12.0. The molecule has 44 valence electrons. The highest BCUT2D eigenvalue weighted by atomic mass is 33.1. The molecule has 0 saturated carbocycles. The van der Waals surface area contributed by atoms with Gasteiger partial charge in [0.05, 0.1) is 0 Å². The minimum absolute atomic E-state index is 0.779. The minimum Gasteiger partial charge on any atom is -0.263 e. The fourth-order valence-corrected chi connectivity index (χ4v) is 2.01. The molecule has 5 heteroatoms. The summed E-state index contributed by atoms with van der Waals surface area (Å²) < 4.78 is 22.2. The molecule has 1 nitrogen and oxygen atoms in total. The van der Waals surface area contributed by atoms with Gasteiger partial charge in [-0.05, 0) is 12.5 Å². The van der Waals surface area contributed by atoms with Crippen molar-refractivity contribution in [3.63, 3.8) is 0 Å². The second-order valence-electron chi connectivity index (χ2n) is 0.796. The maximum absolute atomic E-state index is 12.0. The largest absolute Gasteiger partial charge is 0.349 e. The van der Waals surface area contributed by atoms with Gasteiger partial charge in [-0.15, -0.1) is 0 Å². The zero-order valence-electron chi connectivity index (χ0n) is 4.05. The van der Waals surface area contributed by atoms with Crippen molar-refractivity contribution < 1.29 is 8.76 Å². The monoisotopic (exact) mass is 160 g/mol. The molecule has 0 radical (unpaired) electrons. The van der Waals surface area contributed by atoms with Crippen LogP contribution in [0.2, 0.25) is 0 Å². The lowest BCUT2D eigenvalue weighted by Gasteiger charge is -1.95. The van der Waals surface area contributed by atoms with Crippen LogP contribution in [0.1, 0.15) is 0 Å². The molecule has 0 saturated heterocycles. The molecule has 0 aliphatic heterocycles. The maximum Gasteiger partial charge on any atom is 0.349 e. The van der Waals surface area contributed by atoms with Crippen LogP contribution in [0.4, 0.5) is 4.20 Å². The molecule has 0 aliphatic rings. The van der Waals surface area contributed by atoms with E-state index in [2.05, 4.69) is 0 Å². The van der Waals surface area contributed by atoms with Crippen LogP contribution < -0.4 is 0 Å². The van der Waals surface area contributed by atoms with E-state index in [1.807, 2.05) is 0 Å². The predicted molar refractivity (Wildman–Crippen MR) is 35.7 cm³/mol. The molecule has 0 amide bonds. The van der Waals surface area contributed by atoms with Gasteiger partial charge < -0.3 is 0 Å². The van der Waals surface area contributed by atoms with Crippen LogP contribution in [-0.2, 0) is 4.57 Å². The summed E-state index contributed by atoms with van der Waals surface area (Å²) in [6.07, 6.45) is 2.99. The Labute approximate surface area is 50.4 Å². The third-order valence-electron chi connectivity index (χ3n) is 0.436. The Balaban J connectivity index is 3.61. The maximum atomic E-state index is 12.0. The van der Waals surface area contributed by atoms with E-state index in [9.17, 15) is 8.76 Å². The van der Waals surface area contributed by atoms with E-state index in [-0.39, 0.29) is 0 Å². The van der Waals surface area contributed by atoms with E-state index < -0.39 is 5.86 Å². The second-order valence-corrected chi connectivity index (χ2v) is 8.09. The number of hydrogen-bond acceptors (Lipinski definition) is 3. The first kappa shape index (κ1) is 7.86. The topological polar surface area (TPSA) is 17.1 Å². The first-order valence-corrected chi connectivity index (χ1v) is 6.79. The first-order chi connectivity index (χ1) is 3.12. The number of hydrogen-bond donors (Lipinski definition) is 0. The SMILES string of the molecule is CSP(=O)(F)SC. The Bertz CT molecular complexity index is 87.7. The van der Waals surface area contributed by atoms with Gasteiger partial charge in [-0.1, -0.05) is 22.8 Å². The van der Waals surface area contributed by atoms with E-state index in [0.29, 0.717) is 0 Å². The summed E-state index contributed by atoms with van der Waals surface area (Å²) in [6, 6.07) is 0. The van der Waals surface area contributed by atoms with E-state index in [4.69, 9.17) is 0 Å². The zero-order valence-corrected chi connectivity index (χ0v) is 6.58. The molecule has 0 atom stereocenters. The number of rotatable bonds is 2. The van der Waals surface area contributed by atoms with Crippen molar-refractivity contribution in [2.75, 3.05) is 12.5 Å². The van der Waals surface area contributed by atoms with E-state index in [1.54, 1.807) is 0 Å². The highest BCUT2D eigenvalue weighted by molar-refractivity contribution is 8.88. The Hall–Kier alpha value is 0.860. The summed E-state index contributed by atoms with van der Waals surface area (Å²) in [5.41, 5.74) is 0. The van der Waals surface area contributed by atoms with Crippen LogP contribution in [0.15, 0.2) is 0 Å². The van der Waals surface area contributed by atoms with E-state index in [0.717, 1.165) is 22.8 Å². The molecule has 0 aromatic heterocycles. The average Bonchev–Trinajstić information content (AvgIpc) is 1.68. The van der Waals surface area contributed by atoms with Crippen molar-refractivity contribution in [3.8, 4) is 0 Å². The van der Waals surface area contributed by atoms with Crippen molar-refractivity contribution >= 4 is 28.6 Å². The Kier molecular flexibility index (Phi) is 3.37. The summed E-state index contributed by atoms with van der Waals surface area (Å²) in [4.78, 5) is 0. The molecule has 0 aromatic rings. The molecule has 0 aromatic carbocycles. The van der Waals surface area contributed by atoms with Gasteiger partial charge in [0.15, 0.2) is 0 Å². The van der Waals surface area contributed by atoms with Crippen molar-refractivity contribution in [2.45, 2.75) is 0 Å². The molecule has 0 spiro atoms. The van der Waals surface area contributed by atoms with Crippen LogP contribution in [0.5, 0.6) is 0 Å². The van der Waals surface area contributed by atoms with Crippen molar-refractivity contribution in [3.05, 3.63) is 0 Å². The van der Waals surface area contributed by atoms with Gasteiger partial charge in [0.25, 0.3) is 0 Å². The standard InChI is InChI=1S/C2H6FOPS2/c1-6-5(3,4)7-2/h1-2H3. The molecular formula is C2H6FOPS2. The summed E-state index contributed by atoms with van der Waals surface area (Å²) >= 11 is 1.56. The van der Waals surface area contributed by atoms with Gasteiger partial charge in [-0.2, -0.15) is 4.20 Å². The zero-order chi connectivity index (χ0) is 5.91. The Morgan fingerprint density at radius 1 is 1.43 bits per heavy atom. The van der Waals surface area contributed by atoms with Gasteiger partial charge in [0.1, 0.15) is 0 Å². The molecule has 0 bridgehead atoms. The molecular weight excluding hydrogens is 154 g/mol. The number of halogens is 1. The summed E-state index contributed by atoms with van der Waals surface area (Å²) in [5, 5.41) is 0. The Morgan fingerprint density at radius 3 is 1.71 bits per heavy atom. The molecule has 7 heavy (non-hydrogen) atoms. The van der Waals surface area contributed by atoms with Gasteiger partial charge in [0, 0.05) is 0 Å². The smallest absolute Gasteiger partial charge is 0.263 e. The van der Waals surface area contributed by atoms with Gasteiger partial charge >= 0.3 is 5.86 Å². The van der Waals surface area contributed by atoms with Crippen molar-refractivity contribution in [2.24, 2.45) is 0 Å². The van der Waals surface area contributed by atoms with Crippen molar-refractivity contribution in [1.82, 2.24) is 0 Å². The van der Waals surface area contributed by atoms with Crippen molar-refractivity contribution in [1.29, 1.82) is 0 Å². The summed E-state index contributed by atoms with van der Waals surface area (Å²) in [7, 11) is 0. The molecule has 0 N–H and O–H groups in total. The van der Waals surface area contributed by atoms with Crippen LogP contribution >= 0.6 is 28.6 Å². The fraction of sp³-hybridized carbons (Fsp3) is 1.00. The normalized spacial score (nSPS) is 11.9. The van der Waals surface area contributed by atoms with Crippen LogP contribution in [0.3, 0.4) is 0 Å². The highest BCUT2D eigenvalue weighted by Gasteiger charge is 2.15. The highest BCUT2D eigenvalue weighted by Crippen LogP contribution is 2.68. The van der Waals surface area contributed by atoms with Crippen LogP contribution in [-0.4, -0.2) is 12.5 Å². The molecule has 0 fully saturated rings. The Morgan fingerprint density at radius 2 is 1.71 bits per heavy atom. The summed E-state index contributed by atoms with van der Waals surface area (Å²) in [6.45, 7) is 0. The van der Waals surface area contributed by atoms with Gasteiger partial charge in [0.2, 0.25) is 0 Å². The molecule has 0 unspecified atom stereocenters. The molecule has 0 rings (SSSR count). The van der Waals surface area contributed by atoms with Gasteiger partial charge in [-0.25, -0.2) is 0 Å². The predicted octanol–water partition coefficient (Wildman–Crippen LogP) is 2.79. The molecule has 0 heterocycles. The summed E-state index contributed by atoms with van der Waals surface area (Å²) in [5.74, 6) is -3.32. The van der Waals surface area contributed by atoms with Gasteiger partial charge in [-0.3, -0.25) is 4.57 Å². The lowest BCUT2D eigenvalue weighted by Crippen LogP contribution is -1.49. The second kappa shape index (κ2) is 3.00. The minimum atomic E-state index is -3.32. The van der Waals surface area contributed by atoms with E-state index in [1.165, 1.54) is 12.5 Å². The van der Waals surface area contributed by atoms with Crippen LogP contribution in [0.25, 0.3) is 0 Å². The fourth-order valence-electron chi connectivity index (χ4n) is 0.0745.